The van der Waals surface area contributed by atoms with Gasteiger partial charge in [0, 0.05) is 32.4 Å². The maximum Gasteiger partial charge on any atom is 0.169 e. The number of anilines is 1. The van der Waals surface area contributed by atoms with Gasteiger partial charge in [-0.1, -0.05) is 0 Å². The molecule has 0 unspecified atom stereocenters. The van der Waals surface area contributed by atoms with Gasteiger partial charge < -0.3 is 10.2 Å². The number of hydrogen-bond acceptors (Lipinski definition) is 6. The number of hydrogen-bond donors (Lipinski definition) is 1. The maximum absolute atomic E-state index is 4.35. The van der Waals surface area contributed by atoms with Crippen LogP contribution in [-0.4, -0.2) is 48.0 Å². The van der Waals surface area contributed by atoms with E-state index >= 15 is 0 Å². The summed E-state index contributed by atoms with van der Waals surface area (Å²) in [5, 5.41) is 3.22. The van der Waals surface area contributed by atoms with Crippen LogP contribution in [0.1, 0.15) is 5.69 Å². The van der Waals surface area contributed by atoms with Gasteiger partial charge in [-0.05, 0) is 7.05 Å². The summed E-state index contributed by atoms with van der Waals surface area (Å²) in [4.78, 5) is 4.20. The van der Waals surface area contributed by atoms with Crippen molar-refractivity contribution in [2.75, 3.05) is 39.3 Å². The van der Waals surface area contributed by atoms with Gasteiger partial charge in [0.05, 0.1) is 18.4 Å². The third-order valence-electron chi connectivity index (χ3n) is 2.28. The van der Waals surface area contributed by atoms with E-state index < -0.39 is 0 Å². The quantitative estimate of drug-likeness (QED) is 0.791. The van der Waals surface area contributed by atoms with Gasteiger partial charge in [0.25, 0.3) is 0 Å². The summed E-state index contributed by atoms with van der Waals surface area (Å²) in [5.41, 5.74) is 2.19. The molecule has 15 heavy (non-hydrogen) atoms. The van der Waals surface area contributed by atoms with Crippen LogP contribution in [0, 0.1) is 0 Å². The van der Waals surface area contributed by atoms with E-state index in [0.29, 0.717) is 0 Å². The summed E-state index contributed by atoms with van der Waals surface area (Å²) < 4.78 is 8.63. The molecule has 0 fully saturated rings. The number of nitrogens with one attached hydrogen (secondary N) is 1. The largest absolute Gasteiger partial charge is 0.378 e. The van der Waals surface area contributed by atoms with E-state index in [1.807, 2.05) is 25.2 Å². The zero-order valence-corrected chi connectivity index (χ0v) is 10.0. The zero-order valence-electron chi connectivity index (χ0n) is 9.19. The first kappa shape index (κ1) is 10.4. The van der Waals surface area contributed by atoms with E-state index in [2.05, 4.69) is 26.0 Å². The molecule has 2 heterocycles. The SMILES string of the molecule is CN1CNC=C(c2nsnc2N(C)C)C1. The van der Waals surface area contributed by atoms with Crippen molar-refractivity contribution in [3.05, 3.63) is 11.9 Å². The molecule has 1 aliphatic rings. The molecule has 82 valence electrons. The first-order chi connectivity index (χ1) is 7.18. The summed E-state index contributed by atoms with van der Waals surface area (Å²) in [6.45, 7) is 1.80. The Labute approximate surface area is 93.7 Å². The average Bonchev–Trinajstić information content (AvgIpc) is 2.65. The van der Waals surface area contributed by atoms with E-state index in [1.165, 1.54) is 17.3 Å². The van der Waals surface area contributed by atoms with E-state index in [4.69, 9.17) is 0 Å². The van der Waals surface area contributed by atoms with Gasteiger partial charge in [0.2, 0.25) is 0 Å². The molecule has 0 spiro atoms. The van der Waals surface area contributed by atoms with Gasteiger partial charge >= 0.3 is 0 Å². The van der Waals surface area contributed by atoms with Gasteiger partial charge in [-0.3, -0.25) is 4.90 Å². The van der Waals surface area contributed by atoms with Crippen LogP contribution < -0.4 is 10.2 Å². The van der Waals surface area contributed by atoms with Crippen molar-refractivity contribution in [3.63, 3.8) is 0 Å². The van der Waals surface area contributed by atoms with Crippen molar-refractivity contribution >= 4 is 23.1 Å². The lowest BCUT2D eigenvalue weighted by Gasteiger charge is -2.24. The Morgan fingerprint density at radius 1 is 1.47 bits per heavy atom. The van der Waals surface area contributed by atoms with E-state index in [0.717, 1.165) is 24.7 Å². The molecular weight excluding hydrogens is 210 g/mol. The molecule has 1 aromatic rings. The Hall–Kier alpha value is -1.14. The zero-order chi connectivity index (χ0) is 10.8. The highest BCUT2D eigenvalue weighted by Crippen LogP contribution is 2.24. The van der Waals surface area contributed by atoms with Crippen molar-refractivity contribution in [2.45, 2.75) is 0 Å². The van der Waals surface area contributed by atoms with Crippen LogP contribution in [-0.2, 0) is 0 Å². The van der Waals surface area contributed by atoms with Crippen LogP contribution >= 0.6 is 11.7 Å². The molecule has 0 amide bonds. The molecule has 0 aromatic carbocycles. The standard InChI is InChI=1S/C9H15N5S/c1-13(2)9-8(11-15-12-9)7-4-10-6-14(3)5-7/h4,10H,5-6H2,1-3H3. The summed E-state index contributed by atoms with van der Waals surface area (Å²) >= 11 is 1.26. The minimum Gasteiger partial charge on any atom is -0.378 e. The van der Waals surface area contributed by atoms with Gasteiger partial charge in [-0.15, -0.1) is 0 Å². The summed E-state index contributed by atoms with van der Waals surface area (Å²) in [5.74, 6) is 0.948. The summed E-state index contributed by atoms with van der Waals surface area (Å²) in [6, 6.07) is 0. The minimum atomic E-state index is 0.887. The predicted octanol–water partition coefficient (Wildman–Crippen LogP) is 0.438. The third kappa shape index (κ3) is 2.10. The predicted molar refractivity (Wildman–Crippen MR) is 62.8 cm³/mol. The topological polar surface area (TPSA) is 44.3 Å². The van der Waals surface area contributed by atoms with Crippen molar-refractivity contribution < 1.29 is 0 Å². The van der Waals surface area contributed by atoms with Gasteiger partial charge in [-0.25, -0.2) is 0 Å². The Balaban J connectivity index is 2.29. The molecule has 2 rings (SSSR count). The normalized spacial score (nSPS) is 17.1. The molecule has 5 nitrogen and oxygen atoms in total. The molecule has 6 heteroatoms. The van der Waals surface area contributed by atoms with Crippen LogP contribution in [0.15, 0.2) is 6.20 Å². The van der Waals surface area contributed by atoms with Crippen molar-refractivity contribution in [1.29, 1.82) is 0 Å². The van der Waals surface area contributed by atoms with Crippen LogP contribution in [0.2, 0.25) is 0 Å². The molecule has 0 saturated carbocycles. The number of likely N-dealkylation sites (N-methyl/N-ethyl adjacent to an activating group) is 1. The molecule has 0 saturated heterocycles. The number of nitrogens with zero attached hydrogens (tertiary/aromatic N) is 4. The van der Waals surface area contributed by atoms with E-state index in [9.17, 15) is 0 Å². The number of aromatic nitrogens is 2. The first-order valence-corrected chi connectivity index (χ1v) is 5.52. The van der Waals surface area contributed by atoms with Crippen LogP contribution in [0.4, 0.5) is 5.82 Å². The highest BCUT2D eigenvalue weighted by molar-refractivity contribution is 6.99. The van der Waals surface area contributed by atoms with Crippen molar-refractivity contribution in [3.8, 4) is 0 Å². The smallest absolute Gasteiger partial charge is 0.169 e. The van der Waals surface area contributed by atoms with Crippen molar-refractivity contribution in [2.24, 2.45) is 0 Å². The fraction of sp³-hybridized carbons (Fsp3) is 0.556. The minimum absolute atomic E-state index is 0.887. The lowest BCUT2D eigenvalue weighted by molar-refractivity contribution is 0.349. The molecule has 1 N–H and O–H groups in total. The average molecular weight is 225 g/mol. The Morgan fingerprint density at radius 2 is 2.27 bits per heavy atom. The molecule has 0 atom stereocenters. The Kier molecular flexibility index (Phi) is 2.88. The van der Waals surface area contributed by atoms with E-state index in [-0.39, 0.29) is 0 Å². The summed E-state index contributed by atoms with van der Waals surface area (Å²) in [7, 11) is 6.05. The fourth-order valence-electron chi connectivity index (χ4n) is 1.54. The molecule has 0 aliphatic carbocycles. The molecule has 1 aliphatic heterocycles. The highest BCUT2D eigenvalue weighted by Gasteiger charge is 2.18. The van der Waals surface area contributed by atoms with Crippen molar-refractivity contribution in [1.82, 2.24) is 19.0 Å². The second-order valence-corrected chi connectivity index (χ2v) is 4.41. The fourth-order valence-corrected chi connectivity index (χ4v) is 2.19. The van der Waals surface area contributed by atoms with Crippen LogP contribution in [0.5, 0.6) is 0 Å². The van der Waals surface area contributed by atoms with E-state index in [1.54, 1.807) is 0 Å². The molecule has 0 bridgehead atoms. The number of rotatable bonds is 2. The Morgan fingerprint density at radius 3 is 2.93 bits per heavy atom. The van der Waals surface area contributed by atoms with Crippen LogP contribution in [0.25, 0.3) is 5.57 Å². The second kappa shape index (κ2) is 4.16. The monoisotopic (exact) mass is 225 g/mol. The third-order valence-corrected chi connectivity index (χ3v) is 2.80. The van der Waals surface area contributed by atoms with Crippen LogP contribution in [0.3, 0.4) is 0 Å². The van der Waals surface area contributed by atoms with Gasteiger partial charge in [0.1, 0.15) is 5.69 Å². The summed E-state index contributed by atoms with van der Waals surface area (Å²) in [6.07, 6.45) is 2.03. The second-order valence-electron chi connectivity index (χ2n) is 3.88. The van der Waals surface area contributed by atoms with Gasteiger partial charge in [-0.2, -0.15) is 8.75 Å². The molecule has 1 aromatic heterocycles. The Bertz CT molecular complexity index is 370. The van der Waals surface area contributed by atoms with Gasteiger partial charge in [0.15, 0.2) is 5.82 Å². The first-order valence-electron chi connectivity index (χ1n) is 4.79. The highest BCUT2D eigenvalue weighted by atomic mass is 32.1. The molecule has 0 radical (unpaired) electrons. The maximum atomic E-state index is 4.35. The lowest BCUT2D eigenvalue weighted by Crippen LogP contribution is -2.34. The molecular formula is C9H15N5S. The lowest BCUT2D eigenvalue weighted by atomic mass is 10.1.